The molecule has 1 heterocycles. The Labute approximate surface area is 112 Å². The summed E-state index contributed by atoms with van der Waals surface area (Å²) in [5.41, 5.74) is 1.62. The average Bonchev–Trinajstić information content (AvgIpc) is 2.20. The van der Waals surface area contributed by atoms with E-state index in [4.69, 9.17) is 23.2 Å². The van der Waals surface area contributed by atoms with Crippen LogP contribution < -0.4 is 0 Å². The molecular formula is C11H6Cl2IN. The minimum Gasteiger partial charge on any atom is -0.255 e. The van der Waals surface area contributed by atoms with Gasteiger partial charge in [0, 0.05) is 15.3 Å². The number of hydrogen-bond donors (Lipinski definition) is 0. The first-order valence-electron chi connectivity index (χ1n) is 4.25. The molecule has 0 atom stereocenters. The summed E-state index contributed by atoms with van der Waals surface area (Å²) in [7, 11) is 0. The molecule has 0 aliphatic rings. The predicted octanol–water partition coefficient (Wildman–Crippen LogP) is 4.66. The van der Waals surface area contributed by atoms with E-state index in [1.165, 1.54) is 0 Å². The SMILES string of the molecule is Clc1cccc(Cl)c1-c1ncccc1I. The first-order valence-corrected chi connectivity index (χ1v) is 6.08. The summed E-state index contributed by atoms with van der Waals surface area (Å²) in [6.45, 7) is 0. The topological polar surface area (TPSA) is 12.9 Å². The van der Waals surface area contributed by atoms with Crippen LogP contribution in [0.2, 0.25) is 10.0 Å². The molecule has 0 amide bonds. The molecule has 0 radical (unpaired) electrons. The Balaban J connectivity index is 2.69. The minimum absolute atomic E-state index is 0.624. The lowest BCUT2D eigenvalue weighted by molar-refractivity contribution is 1.31. The smallest absolute Gasteiger partial charge is 0.0865 e. The van der Waals surface area contributed by atoms with Crippen LogP contribution in [0, 0.1) is 3.57 Å². The second-order valence-electron chi connectivity index (χ2n) is 2.93. The lowest BCUT2D eigenvalue weighted by Crippen LogP contribution is -1.89. The highest BCUT2D eigenvalue weighted by atomic mass is 127. The van der Waals surface area contributed by atoms with Gasteiger partial charge in [0.25, 0.3) is 0 Å². The van der Waals surface area contributed by atoms with Gasteiger partial charge in [0.2, 0.25) is 0 Å². The summed E-state index contributed by atoms with van der Waals surface area (Å²) in [4.78, 5) is 4.29. The summed E-state index contributed by atoms with van der Waals surface area (Å²) in [6.07, 6.45) is 1.73. The van der Waals surface area contributed by atoms with E-state index in [1.807, 2.05) is 30.3 Å². The molecule has 0 aliphatic carbocycles. The fourth-order valence-electron chi connectivity index (χ4n) is 1.29. The number of pyridine rings is 1. The number of nitrogens with zero attached hydrogens (tertiary/aromatic N) is 1. The van der Waals surface area contributed by atoms with Crippen LogP contribution in [0.25, 0.3) is 11.3 Å². The maximum absolute atomic E-state index is 6.11. The van der Waals surface area contributed by atoms with E-state index in [2.05, 4.69) is 27.6 Å². The van der Waals surface area contributed by atoms with E-state index in [-0.39, 0.29) is 0 Å². The van der Waals surface area contributed by atoms with Gasteiger partial charge in [-0.3, -0.25) is 4.98 Å². The second-order valence-corrected chi connectivity index (χ2v) is 4.91. The lowest BCUT2D eigenvalue weighted by atomic mass is 10.1. The summed E-state index contributed by atoms with van der Waals surface area (Å²) >= 11 is 14.4. The van der Waals surface area contributed by atoms with E-state index in [9.17, 15) is 0 Å². The van der Waals surface area contributed by atoms with Crippen molar-refractivity contribution in [2.45, 2.75) is 0 Å². The van der Waals surface area contributed by atoms with Gasteiger partial charge >= 0.3 is 0 Å². The number of rotatable bonds is 1. The van der Waals surface area contributed by atoms with Crippen LogP contribution in [0.15, 0.2) is 36.5 Å². The fourth-order valence-corrected chi connectivity index (χ4v) is 2.49. The zero-order valence-electron chi connectivity index (χ0n) is 7.55. The Morgan fingerprint density at radius 3 is 2.27 bits per heavy atom. The summed E-state index contributed by atoms with van der Waals surface area (Å²) in [6, 6.07) is 9.31. The molecule has 0 spiro atoms. The zero-order valence-corrected chi connectivity index (χ0v) is 11.2. The molecule has 0 aliphatic heterocycles. The van der Waals surface area contributed by atoms with Crippen LogP contribution in [-0.2, 0) is 0 Å². The molecule has 0 unspecified atom stereocenters. The third-order valence-electron chi connectivity index (χ3n) is 1.96. The molecular weight excluding hydrogens is 344 g/mol. The van der Waals surface area contributed by atoms with E-state index >= 15 is 0 Å². The molecule has 0 saturated heterocycles. The largest absolute Gasteiger partial charge is 0.255 e. The van der Waals surface area contributed by atoms with Gasteiger partial charge in [0.05, 0.1) is 15.7 Å². The van der Waals surface area contributed by atoms with Crippen molar-refractivity contribution in [3.63, 3.8) is 0 Å². The molecule has 76 valence electrons. The van der Waals surface area contributed by atoms with Crippen molar-refractivity contribution < 1.29 is 0 Å². The van der Waals surface area contributed by atoms with Gasteiger partial charge in [-0.1, -0.05) is 29.3 Å². The number of halogens is 3. The maximum atomic E-state index is 6.11. The van der Waals surface area contributed by atoms with Crippen molar-refractivity contribution in [3.8, 4) is 11.3 Å². The third kappa shape index (κ3) is 2.27. The van der Waals surface area contributed by atoms with Crippen LogP contribution >= 0.6 is 45.8 Å². The van der Waals surface area contributed by atoms with Gasteiger partial charge in [-0.15, -0.1) is 0 Å². The monoisotopic (exact) mass is 349 g/mol. The molecule has 0 saturated carbocycles. The standard InChI is InChI=1S/C11H6Cl2IN/c12-7-3-1-4-8(13)10(7)11-9(14)5-2-6-15-11/h1-6H. The van der Waals surface area contributed by atoms with Crippen LogP contribution in [-0.4, -0.2) is 4.98 Å². The molecule has 4 heteroatoms. The van der Waals surface area contributed by atoms with Crippen LogP contribution in [0.3, 0.4) is 0 Å². The Hall–Kier alpha value is -0.320. The van der Waals surface area contributed by atoms with Crippen LogP contribution in [0.5, 0.6) is 0 Å². The molecule has 0 N–H and O–H groups in total. The quantitative estimate of drug-likeness (QED) is 0.682. The molecule has 2 rings (SSSR count). The van der Waals surface area contributed by atoms with Gasteiger partial charge in [-0.2, -0.15) is 0 Å². The van der Waals surface area contributed by atoms with Gasteiger partial charge in [-0.05, 0) is 46.9 Å². The second kappa shape index (κ2) is 4.68. The van der Waals surface area contributed by atoms with E-state index in [0.29, 0.717) is 10.0 Å². The fraction of sp³-hybridized carbons (Fsp3) is 0. The molecule has 15 heavy (non-hydrogen) atoms. The third-order valence-corrected chi connectivity index (χ3v) is 3.46. The van der Waals surface area contributed by atoms with E-state index < -0.39 is 0 Å². The molecule has 1 aromatic heterocycles. The van der Waals surface area contributed by atoms with E-state index in [0.717, 1.165) is 14.8 Å². The zero-order chi connectivity index (χ0) is 10.8. The Morgan fingerprint density at radius 1 is 1.00 bits per heavy atom. The van der Waals surface area contributed by atoms with Crippen LogP contribution in [0.4, 0.5) is 0 Å². The van der Waals surface area contributed by atoms with Gasteiger partial charge in [0.1, 0.15) is 0 Å². The van der Waals surface area contributed by atoms with Crippen molar-refractivity contribution in [1.82, 2.24) is 4.98 Å². The maximum Gasteiger partial charge on any atom is 0.0865 e. The van der Waals surface area contributed by atoms with Gasteiger partial charge in [-0.25, -0.2) is 0 Å². The van der Waals surface area contributed by atoms with Crippen molar-refractivity contribution in [3.05, 3.63) is 50.1 Å². The van der Waals surface area contributed by atoms with Crippen LogP contribution in [0.1, 0.15) is 0 Å². The molecule has 2 aromatic rings. The highest BCUT2D eigenvalue weighted by molar-refractivity contribution is 14.1. The summed E-state index contributed by atoms with van der Waals surface area (Å²) in [5, 5.41) is 1.25. The Bertz CT molecular complexity index is 479. The predicted molar refractivity (Wildman–Crippen MR) is 72.4 cm³/mol. The minimum atomic E-state index is 0.624. The van der Waals surface area contributed by atoms with Gasteiger partial charge < -0.3 is 0 Å². The Kier molecular flexibility index (Phi) is 3.49. The lowest BCUT2D eigenvalue weighted by Gasteiger charge is -2.07. The van der Waals surface area contributed by atoms with Crippen molar-refractivity contribution >= 4 is 45.8 Å². The van der Waals surface area contributed by atoms with Gasteiger partial charge in [0.15, 0.2) is 0 Å². The van der Waals surface area contributed by atoms with E-state index in [1.54, 1.807) is 6.20 Å². The van der Waals surface area contributed by atoms with Crippen molar-refractivity contribution in [2.75, 3.05) is 0 Å². The summed E-state index contributed by atoms with van der Waals surface area (Å²) < 4.78 is 1.03. The average molecular weight is 350 g/mol. The Morgan fingerprint density at radius 2 is 1.67 bits per heavy atom. The molecule has 0 fully saturated rings. The first-order chi connectivity index (χ1) is 7.20. The van der Waals surface area contributed by atoms with Crippen molar-refractivity contribution in [2.24, 2.45) is 0 Å². The highest BCUT2D eigenvalue weighted by Crippen LogP contribution is 2.35. The molecule has 1 aromatic carbocycles. The highest BCUT2D eigenvalue weighted by Gasteiger charge is 2.11. The number of aromatic nitrogens is 1. The number of hydrogen-bond acceptors (Lipinski definition) is 1. The molecule has 0 bridgehead atoms. The molecule has 1 nitrogen and oxygen atoms in total. The van der Waals surface area contributed by atoms with Crippen molar-refractivity contribution in [1.29, 1.82) is 0 Å². The normalized spacial score (nSPS) is 10.3. The first kappa shape index (κ1) is 11.2. The number of benzene rings is 1. The summed E-state index contributed by atoms with van der Waals surface area (Å²) in [5.74, 6) is 0.